The van der Waals surface area contributed by atoms with Gasteiger partial charge in [-0.1, -0.05) is 19.3 Å². The summed E-state index contributed by atoms with van der Waals surface area (Å²) in [5.41, 5.74) is 1.94. The number of amides is 2. The highest BCUT2D eigenvalue weighted by Gasteiger charge is 2.20. The minimum atomic E-state index is -0.0172. The lowest BCUT2D eigenvalue weighted by Crippen LogP contribution is -2.41. The average Bonchev–Trinajstić information content (AvgIpc) is 2.85. The molecule has 0 spiro atoms. The molecule has 23 heavy (non-hydrogen) atoms. The smallest absolute Gasteiger partial charge is 0.242 e. The van der Waals surface area contributed by atoms with Gasteiger partial charge in [-0.2, -0.15) is 5.10 Å². The molecule has 1 aliphatic rings. The molecule has 128 valence electrons. The maximum absolute atomic E-state index is 12.5. The van der Waals surface area contributed by atoms with Gasteiger partial charge in [-0.05, 0) is 25.8 Å². The van der Waals surface area contributed by atoms with Gasteiger partial charge in [0.25, 0.3) is 0 Å². The Bertz CT molecular complexity index is 553. The van der Waals surface area contributed by atoms with Crippen LogP contribution >= 0.6 is 0 Å². The normalized spacial score (nSPS) is 16.7. The Morgan fingerprint density at radius 3 is 2.65 bits per heavy atom. The van der Waals surface area contributed by atoms with Gasteiger partial charge < -0.3 is 9.80 Å². The predicted molar refractivity (Wildman–Crippen MR) is 88.7 cm³/mol. The Morgan fingerprint density at radius 2 is 1.96 bits per heavy atom. The number of aromatic nitrogens is 2. The number of rotatable bonds is 4. The first kappa shape index (κ1) is 17.5. The minimum absolute atomic E-state index is 0.0172. The monoisotopic (exact) mass is 320 g/mol. The molecule has 0 radical (unpaired) electrons. The van der Waals surface area contributed by atoms with Crippen molar-refractivity contribution in [1.29, 1.82) is 0 Å². The molecule has 2 amide bonds. The second kappa shape index (κ2) is 8.13. The molecule has 1 aromatic heterocycles. The van der Waals surface area contributed by atoms with Crippen LogP contribution in [0.5, 0.6) is 0 Å². The molecule has 0 aromatic carbocycles. The number of aryl methyl sites for hydroxylation is 2. The first-order valence-corrected chi connectivity index (χ1v) is 8.48. The molecule has 0 unspecified atom stereocenters. The van der Waals surface area contributed by atoms with Crippen LogP contribution in [-0.4, -0.2) is 51.5 Å². The Kier molecular flexibility index (Phi) is 6.19. The van der Waals surface area contributed by atoms with E-state index in [4.69, 9.17) is 0 Å². The van der Waals surface area contributed by atoms with Crippen LogP contribution in [0.3, 0.4) is 0 Å². The van der Waals surface area contributed by atoms with Crippen molar-refractivity contribution in [2.75, 3.05) is 20.1 Å². The van der Waals surface area contributed by atoms with Gasteiger partial charge in [0.15, 0.2) is 0 Å². The molecule has 1 aromatic rings. The molecule has 0 bridgehead atoms. The molecule has 6 nitrogen and oxygen atoms in total. The van der Waals surface area contributed by atoms with E-state index in [9.17, 15) is 9.59 Å². The highest BCUT2D eigenvalue weighted by atomic mass is 16.2. The van der Waals surface area contributed by atoms with Crippen molar-refractivity contribution in [3.05, 3.63) is 17.5 Å². The third-order valence-electron chi connectivity index (χ3n) is 4.42. The second-order valence-electron chi connectivity index (χ2n) is 6.48. The van der Waals surface area contributed by atoms with Gasteiger partial charge in [0.2, 0.25) is 11.8 Å². The fourth-order valence-electron chi connectivity index (χ4n) is 2.99. The van der Waals surface area contributed by atoms with Crippen LogP contribution in [0.4, 0.5) is 0 Å². The zero-order valence-corrected chi connectivity index (χ0v) is 14.5. The third kappa shape index (κ3) is 5.08. The van der Waals surface area contributed by atoms with Crippen molar-refractivity contribution < 1.29 is 9.59 Å². The topological polar surface area (TPSA) is 58.4 Å². The molecule has 2 heterocycles. The quantitative estimate of drug-likeness (QED) is 0.851. The van der Waals surface area contributed by atoms with Crippen molar-refractivity contribution in [2.24, 2.45) is 7.05 Å². The van der Waals surface area contributed by atoms with Crippen molar-refractivity contribution in [1.82, 2.24) is 19.6 Å². The molecule has 1 aliphatic heterocycles. The minimum Gasteiger partial charge on any atom is -0.338 e. The van der Waals surface area contributed by atoms with Gasteiger partial charge in [-0.15, -0.1) is 0 Å². The molecular weight excluding hydrogens is 292 g/mol. The highest BCUT2D eigenvalue weighted by Crippen LogP contribution is 2.13. The molecular formula is C17H28N4O2. The van der Waals surface area contributed by atoms with Crippen molar-refractivity contribution in [2.45, 2.75) is 52.0 Å². The SMILES string of the molecule is Cc1cc(CN(C)C(=O)CN2CCCCCCCC2=O)n(C)n1. The van der Waals surface area contributed by atoms with Crippen molar-refractivity contribution in [3.8, 4) is 0 Å². The maximum atomic E-state index is 12.5. The van der Waals surface area contributed by atoms with Crippen LogP contribution in [0.1, 0.15) is 49.9 Å². The predicted octanol–water partition coefficient (Wildman–Crippen LogP) is 1.87. The van der Waals surface area contributed by atoms with Gasteiger partial charge >= 0.3 is 0 Å². The van der Waals surface area contributed by atoms with E-state index in [1.165, 1.54) is 6.42 Å². The average molecular weight is 320 g/mol. The molecule has 6 heteroatoms. The van der Waals surface area contributed by atoms with Gasteiger partial charge in [-0.3, -0.25) is 14.3 Å². The maximum Gasteiger partial charge on any atom is 0.242 e. The van der Waals surface area contributed by atoms with Gasteiger partial charge in [0.05, 0.1) is 24.5 Å². The third-order valence-corrected chi connectivity index (χ3v) is 4.42. The molecule has 0 N–H and O–H groups in total. The Morgan fingerprint density at radius 1 is 1.26 bits per heavy atom. The van der Waals surface area contributed by atoms with Gasteiger partial charge in [0.1, 0.15) is 0 Å². The summed E-state index contributed by atoms with van der Waals surface area (Å²) in [4.78, 5) is 28.1. The van der Waals surface area contributed by atoms with E-state index >= 15 is 0 Å². The van der Waals surface area contributed by atoms with E-state index in [1.807, 2.05) is 20.0 Å². The summed E-state index contributed by atoms with van der Waals surface area (Å²) in [6, 6.07) is 1.98. The second-order valence-corrected chi connectivity index (χ2v) is 6.48. The highest BCUT2D eigenvalue weighted by molar-refractivity contribution is 5.84. The number of nitrogens with zero attached hydrogens (tertiary/aromatic N) is 4. The lowest BCUT2D eigenvalue weighted by atomic mass is 10.1. The van der Waals surface area contributed by atoms with E-state index in [-0.39, 0.29) is 18.4 Å². The van der Waals surface area contributed by atoms with E-state index < -0.39 is 0 Å². The summed E-state index contributed by atoms with van der Waals surface area (Å²) >= 11 is 0. The molecule has 0 atom stereocenters. The molecule has 0 saturated carbocycles. The Balaban J connectivity index is 1.92. The fourth-order valence-corrected chi connectivity index (χ4v) is 2.99. The summed E-state index contributed by atoms with van der Waals surface area (Å²) in [5.74, 6) is 0.0986. The number of hydrogen-bond acceptors (Lipinski definition) is 3. The van der Waals surface area contributed by atoms with E-state index in [0.29, 0.717) is 19.5 Å². The summed E-state index contributed by atoms with van der Waals surface area (Å²) in [5, 5.41) is 4.30. The first-order valence-electron chi connectivity index (χ1n) is 8.48. The lowest BCUT2D eigenvalue weighted by molar-refractivity contribution is -0.140. The lowest BCUT2D eigenvalue weighted by Gasteiger charge is -2.25. The van der Waals surface area contributed by atoms with Crippen molar-refractivity contribution >= 4 is 11.8 Å². The van der Waals surface area contributed by atoms with Crippen LogP contribution in [0, 0.1) is 6.92 Å². The number of carbonyl (C=O) groups excluding carboxylic acids is 2. The van der Waals surface area contributed by atoms with E-state index in [0.717, 1.165) is 37.1 Å². The Hall–Kier alpha value is -1.85. The van der Waals surface area contributed by atoms with E-state index in [2.05, 4.69) is 5.10 Å². The van der Waals surface area contributed by atoms with Crippen LogP contribution in [-0.2, 0) is 23.2 Å². The van der Waals surface area contributed by atoms with Gasteiger partial charge in [-0.25, -0.2) is 0 Å². The van der Waals surface area contributed by atoms with Crippen LogP contribution < -0.4 is 0 Å². The number of likely N-dealkylation sites (N-methyl/N-ethyl adjacent to an activating group) is 1. The van der Waals surface area contributed by atoms with Crippen LogP contribution in [0.25, 0.3) is 0 Å². The van der Waals surface area contributed by atoms with Crippen LogP contribution in [0.15, 0.2) is 6.07 Å². The zero-order chi connectivity index (χ0) is 16.8. The molecule has 2 rings (SSSR count). The Labute approximate surface area is 138 Å². The summed E-state index contributed by atoms with van der Waals surface area (Å²) in [7, 11) is 3.66. The number of carbonyl (C=O) groups is 2. The molecule has 1 fully saturated rings. The largest absolute Gasteiger partial charge is 0.338 e. The van der Waals surface area contributed by atoms with Gasteiger partial charge in [0, 0.05) is 27.1 Å². The van der Waals surface area contributed by atoms with E-state index in [1.54, 1.807) is 21.5 Å². The summed E-state index contributed by atoms with van der Waals surface area (Å²) in [6.07, 6.45) is 5.94. The first-order chi connectivity index (χ1) is 11.0. The fraction of sp³-hybridized carbons (Fsp3) is 0.706. The summed E-state index contributed by atoms with van der Waals surface area (Å²) in [6.45, 7) is 3.33. The molecule has 0 aliphatic carbocycles. The van der Waals surface area contributed by atoms with Crippen LogP contribution in [0.2, 0.25) is 0 Å². The standard InChI is InChI=1S/C17H28N4O2/c1-14-11-15(20(3)18-14)12-19(2)17(23)13-21-10-8-6-4-5-7-9-16(21)22/h11H,4-10,12-13H2,1-3H3. The zero-order valence-electron chi connectivity index (χ0n) is 14.5. The van der Waals surface area contributed by atoms with Crippen molar-refractivity contribution in [3.63, 3.8) is 0 Å². The summed E-state index contributed by atoms with van der Waals surface area (Å²) < 4.78 is 1.80. The number of hydrogen-bond donors (Lipinski definition) is 0. The molecule has 1 saturated heterocycles.